The first-order valence-corrected chi connectivity index (χ1v) is 8.50. The van der Waals surface area contributed by atoms with E-state index in [-0.39, 0.29) is 17.1 Å². The average molecular weight is 383 g/mol. The molecule has 130 valence electrons. The van der Waals surface area contributed by atoms with Gasteiger partial charge in [-0.3, -0.25) is 4.79 Å². The van der Waals surface area contributed by atoms with Crippen LogP contribution in [0.15, 0.2) is 40.3 Å². The number of amides is 1. The molecule has 1 aromatic carbocycles. The fourth-order valence-corrected chi connectivity index (χ4v) is 2.54. The summed E-state index contributed by atoms with van der Waals surface area (Å²) in [6.45, 7) is 1.74. The smallest absolute Gasteiger partial charge is 0.284 e. The molecule has 1 heterocycles. The van der Waals surface area contributed by atoms with Gasteiger partial charge in [0.1, 0.15) is 23.2 Å². The third-order valence-corrected chi connectivity index (χ3v) is 4.31. The second-order valence-corrected chi connectivity index (χ2v) is 6.30. The van der Waals surface area contributed by atoms with Gasteiger partial charge >= 0.3 is 0 Å². The Morgan fingerprint density at radius 3 is 2.88 bits per heavy atom. The summed E-state index contributed by atoms with van der Waals surface area (Å²) >= 11 is 6.42. The van der Waals surface area contributed by atoms with Crippen LogP contribution < -0.4 is 5.32 Å². The molecule has 2 aromatic rings. The van der Waals surface area contributed by atoms with Crippen molar-refractivity contribution in [1.29, 1.82) is 5.26 Å². The molecule has 0 bridgehead atoms. The van der Waals surface area contributed by atoms with Crippen molar-refractivity contribution in [2.45, 2.75) is 18.4 Å². The summed E-state index contributed by atoms with van der Waals surface area (Å²) in [4.78, 5) is 12.2. The van der Waals surface area contributed by atoms with E-state index < -0.39 is 11.7 Å². The highest BCUT2D eigenvalue weighted by Gasteiger charge is 2.13. The number of carbonyl (C=O) groups excluding carboxylic acids is 1. The number of nitrogens with zero attached hydrogens (tertiary/aromatic N) is 1. The average Bonchev–Trinajstić information content (AvgIpc) is 3.02. The molecule has 0 saturated heterocycles. The summed E-state index contributed by atoms with van der Waals surface area (Å²) in [5.41, 5.74) is 0.994. The predicted molar refractivity (Wildman–Crippen MR) is 94.4 cm³/mol. The van der Waals surface area contributed by atoms with E-state index in [1.54, 1.807) is 31.2 Å². The number of thioether (sulfide) groups is 1. The molecule has 0 saturated carbocycles. The molecule has 0 aliphatic carbocycles. The quantitative estimate of drug-likeness (QED) is 0.547. The Labute approximate surface area is 152 Å². The molecule has 0 aliphatic heterocycles. The molecule has 1 N–H and O–H groups in total. The maximum Gasteiger partial charge on any atom is 0.284 e. The molecular weight excluding hydrogens is 370 g/mol. The topological polar surface area (TPSA) is 66.0 Å². The normalized spacial score (nSPS) is 11.4. The zero-order chi connectivity index (χ0) is 18.4. The molecule has 25 heavy (non-hydrogen) atoms. The first kappa shape index (κ1) is 19.0. The van der Waals surface area contributed by atoms with Crippen LogP contribution in [-0.4, -0.2) is 11.7 Å². The van der Waals surface area contributed by atoms with Crippen molar-refractivity contribution in [3.63, 3.8) is 0 Å². The first-order chi connectivity index (χ1) is 11.9. The number of hydrogen-bond donors (Lipinski definition) is 1. The van der Waals surface area contributed by atoms with Crippen LogP contribution in [0.25, 0.3) is 6.08 Å². The van der Waals surface area contributed by atoms with Gasteiger partial charge in [-0.05, 0) is 36.8 Å². The second-order valence-electron chi connectivity index (χ2n) is 4.91. The minimum Gasteiger partial charge on any atom is -0.461 e. The van der Waals surface area contributed by atoms with Gasteiger partial charge in [-0.15, -0.1) is 0 Å². The molecule has 0 fully saturated rings. The number of furan rings is 1. The van der Waals surface area contributed by atoms with Gasteiger partial charge in [0.15, 0.2) is 0 Å². The molecule has 1 aromatic heterocycles. The number of alkyl halides is 2. The Balaban J connectivity index is 2.13. The molecule has 2 rings (SSSR count). The summed E-state index contributed by atoms with van der Waals surface area (Å²) in [5.74, 6) is -2.54. The highest BCUT2D eigenvalue weighted by atomic mass is 35.5. The summed E-state index contributed by atoms with van der Waals surface area (Å²) in [6.07, 6.45) is 1.26. The van der Waals surface area contributed by atoms with Gasteiger partial charge in [0.05, 0.1) is 5.75 Å². The number of carbonyl (C=O) groups is 1. The third-order valence-electron chi connectivity index (χ3n) is 3.20. The molecule has 0 spiro atoms. The van der Waals surface area contributed by atoms with Gasteiger partial charge in [-0.1, -0.05) is 29.4 Å². The Morgan fingerprint density at radius 2 is 2.20 bits per heavy atom. The maximum atomic E-state index is 12.2. The van der Waals surface area contributed by atoms with Crippen molar-refractivity contribution >= 4 is 41.0 Å². The van der Waals surface area contributed by atoms with Crippen LogP contribution in [-0.2, 0) is 10.5 Å². The first-order valence-electron chi connectivity index (χ1n) is 7.07. The summed E-state index contributed by atoms with van der Waals surface area (Å²) in [5, 5.41) is 12.3. The van der Waals surface area contributed by atoms with Gasteiger partial charge < -0.3 is 9.73 Å². The number of nitriles is 1. The van der Waals surface area contributed by atoms with Crippen molar-refractivity contribution in [1.82, 2.24) is 0 Å². The van der Waals surface area contributed by atoms with E-state index in [2.05, 4.69) is 5.32 Å². The van der Waals surface area contributed by atoms with Gasteiger partial charge in [-0.2, -0.15) is 14.0 Å². The molecule has 8 heteroatoms. The van der Waals surface area contributed by atoms with E-state index in [1.807, 2.05) is 0 Å². The molecular formula is C17H13ClF2N2O2S. The lowest BCUT2D eigenvalue weighted by Crippen LogP contribution is -2.14. The zero-order valence-corrected chi connectivity index (χ0v) is 14.6. The molecule has 0 aliphatic rings. The summed E-state index contributed by atoms with van der Waals surface area (Å²) in [6, 6.07) is 9.87. The van der Waals surface area contributed by atoms with Crippen LogP contribution in [0.5, 0.6) is 0 Å². The van der Waals surface area contributed by atoms with Crippen molar-refractivity contribution < 1.29 is 18.0 Å². The summed E-state index contributed by atoms with van der Waals surface area (Å²) < 4.78 is 29.7. The van der Waals surface area contributed by atoms with E-state index in [1.165, 1.54) is 18.2 Å². The third kappa shape index (κ3) is 5.34. The Kier molecular flexibility index (Phi) is 6.62. The largest absolute Gasteiger partial charge is 0.461 e. The van der Waals surface area contributed by atoms with Gasteiger partial charge in [0.2, 0.25) is 0 Å². The predicted octanol–water partition coefficient (Wildman–Crippen LogP) is 5.24. The minimum atomic E-state index is -2.49. The Hall–Kier alpha value is -2.30. The van der Waals surface area contributed by atoms with E-state index in [0.717, 1.165) is 0 Å². The van der Waals surface area contributed by atoms with E-state index in [4.69, 9.17) is 16.0 Å². The summed E-state index contributed by atoms with van der Waals surface area (Å²) in [7, 11) is 0. The molecule has 1 amide bonds. The van der Waals surface area contributed by atoms with Crippen LogP contribution in [0.4, 0.5) is 14.5 Å². The van der Waals surface area contributed by atoms with E-state index in [9.17, 15) is 18.8 Å². The lowest BCUT2D eigenvalue weighted by Gasteiger charge is -2.08. The monoisotopic (exact) mass is 382 g/mol. The van der Waals surface area contributed by atoms with Crippen molar-refractivity contribution in [2.24, 2.45) is 0 Å². The number of nitrogens with one attached hydrogen (secondary N) is 1. The fourth-order valence-electron chi connectivity index (χ4n) is 1.92. The number of rotatable bonds is 6. The fraction of sp³-hybridized carbons (Fsp3) is 0.176. The van der Waals surface area contributed by atoms with Crippen LogP contribution >= 0.6 is 23.4 Å². The van der Waals surface area contributed by atoms with Crippen molar-refractivity contribution in [2.75, 3.05) is 5.32 Å². The van der Waals surface area contributed by atoms with Crippen LogP contribution in [0, 0.1) is 18.3 Å². The maximum absolute atomic E-state index is 12.2. The van der Waals surface area contributed by atoms with Crippen LogP contribution in [0.2, 0.25) is 5.02 Å². The SMILES string of the molecule is Cc1c(Cl)cccc1NC(=O)/C(C#N)=C/c1ccc(CSC(F)F)o1. The molecule has 0 atom stereocenters. The number of hydrogen-bond acceptors (Lipinski definition) is 4. The highest BCUT2D eigenvalue weighted by Crippen LogP contribution is 2.24. The van der Waals surface area contributed by atoms with Crippen molar-refractivity contribution in [3.8, 4) is 6.07 Å². The van der Waals surface area contributed by atoms with E-state index >= 15 is 0 Å². The van der Waals surface area contributed by atoms with Crippen LogP contribution in [0.1, 0.15) is 17.1 Å². The molecule has 0 radical (unpaired) electrons. The number of benzene rings is 1. The minimum absolute atomic E-state index is 0.00129. The van der Waals surface area contributed by atoms with Gasteiger partial charge in [0, 0.05) is 16.8 Å². The highest BCUT2D eigenvalue weighted by molar-refractivity contribution is 7.98. The zero-order valence-electron chi connectivity index (χ0n) is 13.1. The van der Waals surface area contributed by atoms with E-state index in [0.29, 0.717) is 33.8 Å². The van der Waals surface area contributed by atoms with Gasteiger partial charge in [-0.25, -0.2) is 0 Å². The van der Waals surface area contributed by atoms with Crippen LogP contribution in [0.3, 0.4) is 0 Å². The van der Waals surface area contributed by atoms with Crippen molar-refractivity contribution in [3.05, 3.63) is 58.0 Å². The second kappa shape index (κ2) is 8.70. The number of halogens is 3. The standard InChI is InChI=1S/C17H13ClF2N2O2S/c1-10-14(18)3-2-4-15(10)22-16(23)11(8-21)7-12-5-6-13(24-12)9-25-17(19)20/h2-7,17H,9H2,1H3,(H,22,23)/b11-7+. The number of anilines is 1. The Morgan fingerprint density at radius 1 is 1.44 bits per heavy atom. The molecule has 4 nitrogen and oxygen atoms in total. The lowest BCUT2D eigenvalue weighted by atomic mass is 10.1. The molecule has 0 unspecified atom stereocenters. The van der Waals surface area contributed by atoms with Gasteiger partial charge in [0.25, 0.3) is 11.7 Å². The Bertz CT molecular complexity index is 843. The lowest BCUT2D eigenvalue weighted by molar-refractivity contribution is -0.112.